The Balaban J connectivity index is 1.82. The molecule has 0 aliphatic heterocycles. The maximum Gasteiger partial charge on any atom is 0.417 e. The first-order valence-electron chi connectivity index (χ1n) is 8.76. The van der Waals surface area contributed by atoms with Crippen molar-refractivity contribution in [3.05, 3.63) is 76.2 Å². The van der Waals surface area contributed by atoms with Crippen LogP contribution in [0.2, 0.25) is 0 Å². The van der Waals surface area contributed by atoms with E-state index in [1.165, 1.54) is 17.2 Å². The number of alkyl halides is 3. The lowest BCUT2D eigenvalue weighted by atomic mass is 10.1. The summed E-state index contributed by atoms with van der Waals surface area (Å²) in [4.78, 5) is 3.74. The van der Waals surface area contributed by atoms with Gasteiger partial charge in [0.2, 0.25) is 0 Å². The monoisotopic (exact) mass is 386 g/mol. The number of nitrogens with one attached hydrogen (secondary N) is 1. The third kappa shape index (κ3) is 3.93. The molecule has 0 radical (unpaired) electrons. The maximum atomic E-state index is 12.6. The van der Waals surface area contributed by atoms with Gasteiger partial charge in [0.25, 0.3) is 0 Å². The van der Waals surface area contributed by atoms with Gasteiger partial charge in [-0.2, -0.15) is 18.3 Å². The van der Waals surface area contributed by atoms with E-state index in [1.54, 1.807) is 6.21 Å². The summed E-state index contributed by atoms with van der Waals surface area (Å²) in [6.45, 7) is 8.19. The molecule has 0 amide bonds. The van der Waals surface area contributed by atoms with Crippen LogP contribution in [0.4, 0.5) is 19.0 Å². The van der Waals surface area contributed by atoms with Gasteiger partial charge in [-0.1, -0.05) is 18.2 Å². The smallest absolute Gasteiger partial charge is 0.317 e. The van der Waals surface area contributed by atoms with E-state index in [-0.39, 0.29) is 5.82 Å². The number of pyridine rings is 1. The highest BCUT2D eigenvalue weighted by molar-refractivity contribution is 5.82. The maximum absolute atomic E-state index is 12.6. The van der Waals surface area contributed by atoms with Gasteiger partial charge in [0.15, 0.2) is 0 Å². The predicted octanol–water partition coefficient (Wildman–Crippen LogP) is 5.57. The van der Waals surface area contributed by atoms with Crippen LogP contribution in [0.3, 0.4) is 0 Å². The van der Waals surface area contributed by atoms with Crippen molar-refractivity contribution >= 4 is 12.0 Å². The molecule has 0 unspecified atom stereocenters. The summed E-state index contributed by atoms with van der Waals surface area (Å²) in [5.41, 5.74) is 8.40. The number of anilines is 1. The minimum absolute atomic E-state index is 0.243. The number of halogens is 3. The van der Waals surface area contributed by atoms with E-state index in [9.17, 15) is 13.2 Å². The fourth-order valence-corrected chi connectivity index (χ4v) is 3.22. The second kappa shape index (κ2) is 7.50. The Kier molecular flexibility index (Phi) is 5.27. The highest BCUT2D eigenvalue weighted by atomic mass is 19.4. The molecule has 0 aliphatic carbocycles. The molecule has 0 aliphatic rings. The molecule has 28 heavy (non-hydrogen) atoms. The van der Waals surface area contributed by atoms with Crippen LogP contribution in [0, 0.1) is 27.7 Å². The molecule has 0 atom stereocenters. The second-order valence-electron chi connectivity index (χ2n) is 6.70. The number of hydrazone groups is 1. The Bertz CT molecular complexity index is 995. The SMILES string of the molecule is Cc1cccc(C)c1-n1c(C)cc(/C=N\Nc2ccc(C(F)(F)F)cn2)c1C. The molecule has 0 bridgehead atoms. The lowest BCUT2D eigenvalue weighted by Crippen LogP contribution is -2.06. The average Bonchev–Trinajstić information content (AvgIpc) is 2.89. The van der Waals surface area contributed by atoms with Gasteiger partial charge < -0.3 is 4.57 Å². The van der Waals surface area contributed by atoms with E-state index < -0.39 is 11.7 Å². The van der Waals surface area contributed by atoms with Crippen molar-refractivity contribution in [1.29, 1.82) is 0 Å². The van der Waals surface area contributed by atoms with Crippen molar-refractivity contribution < 1.29 is 13.2 Å². The van der Waals surface area contributed by atoms with Crippen molar-refractivity contribution in [2.75, 3.05) is 5.43 Å². The number of aromatic nitrogens is 2. The Morgan fingerprint density at radius 1 is 1.04 bits per heavy atom. The topological polar surface area (TPSA) is 42.2 Å². The number of aryl methyl sites for hydroxylation is 3. The Labute approximate surface area is 161 Å². The van der Waals surface area contributed by atoms with Gasteiger partial charge in [0.1, 0.15) is 5.82 Å². The molecule has 2 aromatic heterocycles. The minimum Gasteiger partial charge on any atom is -0.317 e. The van der Waals surface area contributed by atoms with E-state index in [0.29, 0.717) is 0 Å². The molecule has 3 rings (SSSR count). The average molecular weight is 386 g/mol. The molecular weight excluding hydrogens is 365 g/mol. The Hall–Kier alpha value is -3.09. The van der Waals surface area contributed by atoms with Crippen LogP contribution in [-0.2, 0) is 6.18 Å². The van der Waals surface area contributed by atoms with Crippen molar-refractivity contribution in [3.8, 4) is 5.69 Å². The van der Waals surface area contributed by atoms with Crippen LogP contribution < -0.4 is 5.43 Å². The predicted molar refractivity (Wildman–Crippen MR) is 105 cm³/mol. The third-order valence-corrected chi connectivity index (χ3v) is 4.61. The number of hydrogen-bond acceptors (Lipinski definition) is 3. The molecule has 3 aromatic rings. The lowest BCUT2D eigenvalue weighted by molar-refractivity contribution is -0.137. The van der Waals surface area contributed by atoms with Gasteiger partial charge in [0, 0.05) is 23.1 Å². The summed E-state index contributed by atoms with van der Waals surface area (Å²) in [5, 5.41) is 4.13. The molecule has 0 saturated heterocycles. The molecule has 7 heteroatoms. The van der Waals surface area contributed by atoms with Gasteiger partial charge in [0.05, 0.1) is 17.5 Å². The first-order valence-corrected chi connectivity index (χ1v) is 8.76. The Morgan fingerprint density at radius 2 is 1.71 bits per heavy atom. The fraction of sp³-hybridized carbons (Fsp3) is 0.238. The molecule has 0 spiro atoms. The molecule has 1 aromatic carbocycles. The number of para-hydroxylation sites is 1. The highest BCUT2D eigenvalue weighted by Crippen LogP contribution is 2.29. The highest BCUT2D eigenvalue weighted by Gasteiger charge is 2.30. The normalized spacial score (nSPS) is 12.0. The standard InChI is InChI=1S/C21H21F3N4/c1-13-6-5-7-14(2)20(13)28-15(3)10-17(16(28)4)11-26-27-19-9-8-18(12-25-19)21(22,23)24/h5-12H,1-4H3,(H,25,27)/b26-11-. The van der Waals surface area contributed by atoms with Crippen molar-refractivity contribution in [1.82, 2.24) is 9.55 Å². The first-order chi connectivity index (χ1) is 13.2. The van der Waals surface area contributed by atoms with Crippen LogP contribution in [0.5, 0.6) is 0 Å². The minimum atomic E-state index is -4.40. The van der Waals surface area contributed by atoms with Crippen LogP contribution in [0.1, 0.15) is 33.6 Å². The summed E-state index contributed by atoms with van der Waals surface area (Å²) in [6.07, 6.45) is -1.98. The van der Waals surface area contributed by atoms with Crippen LogP contribution in [0.15, 0.2) is 47.7 Å². The molecule has 4 nitrogen and oxygen atoms in total. The summed E-state index contributed by atoms with van der Waals surface area (Å²) >= 11 is 0. The molecule has 0 fully saturated rings. The zero-order valence-electron chi connectivity index (χ0n) is 16.1. The summed E-state index contributed by atoms with van der Waals surface area (Å²) in [5.74, 6) is 0.243. The van der Waals surface area contributed by atoms with Gasteiger partial charge in [-0.3, -0.25) is 5.43 Å². The van der Waals surface area contributed by atoms with E-state index in [0.717, 1.165) is 34.9 Å². The first kappa shape index (κ1) is 19.7. The Morgan fingerprint density at radius 3 is 2.29 bits per heavy atom. The van der Waals surface area contributed by atoms with E-state index >= 15 is 0 Å². The van der Waals surface area contributed by atoms with Crippen molar-refractivity contribution in [2.24, 2.45) is 5.10 Å². The van der Waals surface area contributed by atoms with Crippen molar-refractivity contribution in [2.45, 2.75) is 33.9 Å². The van der Waals surface area contributed by atoms with Crippen LogP contribution >= 0.6 is 0 Å². The zero-order chi connectivity index (χ0) is 20.5. The van der Waals surface area contributed by atoms with E-state index in [1.807, 2.05) is 26.0 Å². The second-order valence-corrected chi connectivity index (χ2v) is 6.70. The van der Waals surface area contributed by atoms with Gasteiger partial charge >= 0.3 is 6.18 Å². The van der Waals surface area contributed by atoms with E-state index in [2.05, 4.69) is 46.1 Å². The van der Waals surface area contributed by atoms with Gasteiger partial charge in [-0.05, 0) is 57.0 Å². The number of nitrogens with zero attached hydrogens (tertiary/aromatic N) is 3. The summed E-state index contributed by atoms with van der Waals surface area (Å²) < 4.78 is 39.9. The molecular formula is C21H21F3N4. The molecule has 146 valence electrons. The van der Waals surface area contributed by atoms with E-state index in [4.69, 9.17) is 0 Å². The number of benzene rings is 1. The number of rotatable bonds is 4. The summed E-state index contributed by atoms with van der Waals surface area (Å²) in [6, 6.07) is 10.4. The quantitative estimate of drug-likeness (QED) is 0.470. The van der Waals surface area contributed by atoms with Crippen LogP contribution in [0.25, 0.3) is 5.69 Å². The third-order valence-electron chi connectivity index (χ3n) is 4.61. The number of hydrogen-bond donors (Lipinski definition) is 1. The van der Waals surface area contributed by atoms with Crippen molar-refractivity contribution in [3.63, 3.8) is 0 Å². The molecule has 2 heterocycles. The zero-order valence-corrected chi connectivity index (χ0v) is 16.1. The van der Waals surface area contributed by atoms with Gasteiger partial charge in [-0.15, -0.1) is 0 Å². The van der Waals surface area contributed by atoms with Crippen LogP contribution in [-0.4, -0.2) is 15.8 Å². The largest absolute Gasteiger partial charge is 0.417 e. The van der Waals surface area contributed by atoms with Gasteiger partial charge in [-0.25, -0.2) is 4.98 Å². The lowest BCUT2D eigenvalue weighted by Gasteiger charge is -2.15. The fourth-order valence-electron chi connectivity index (χ4n) is 3.22. The summed E-state index contributed by atoms with van der Waals surface area (Å²) in [7, 11) is 0. The molecule has 1 N–H and O–H groups in total. The molecule has 0 saturated carbocycles.